The molecule has 1 N–H and O–H groups in total. The van der Waals surface area contributed by atoms with E-state index >= 15 is 0 Å². The summed E-state index contributed by atoms with van der Waals surface area (Å²) < 4.78 is 6.66. The summed E-state index contributed by atoms with van der Waals surface area (Å²) in [5, 5.41) is 9.79. The van der Waals surface area contributed by atoms with Gasteiger partial charge >= 0.3 is 0 Å². The van der Waals surface area contributed by atoms with Gasteiger partial charge in [0.1, 0.15) is 0 Å². The van der Waals surface area contributed by atoms with Crippen LogP contribution < -0.4 is 4.90 Å². The van der Waals surface area contributed by atoms with E-state index in [9.17, 15) is 0 Å². The second-order valence-electron chi connectivity index (χ2n) is 6.10. The highest BCUT2D eigenvalue weighted by Gasteiger charge is 2.21. The zero-order chi connectivity index (χ0) is 16.0. The van der Waals surface area contributed by atoms with Gasteiger partial charge < -0.3 is 9.64 Å². The molecular weight excluding hydrogens is 356 g/mol. The normalized spacial score (nSPS) is 16.2. The van der Waals surface area contributed by atoms with Crippen LogP contribution in [0.3, 0.4) is 0 Å². The monoisotopic (exact) mass is 374 g/mol. The van der Waals surface area contributed by atoms with Crippen molar-refractivity contribution in [3.63, 3.8) is 0 Å². The van der Waals surface area contributed by atoms with Crippen LogP contribution in [-0.4, -0.2) is 41.5 Å². The van der Waals surface area contributed by atoms with Gasteiger partial charge in [0.15, 0.2) is 5.65 Å². The van der Waals surface area contributed by atoms with Crippen molar-refractivity contribution in [1.29, 1.82) is 0 Å². The Morgan fingerprint density at radius 3 is 2.96 bits per heavy atom. The summed E-state index contributed by atoms with van der Waals surface area (Å²) in [4.78, 5) is 7.20. The number of aromatic nitrogens is 3. The molecule has 1 saturated heterocycles. The summed E-state index contributed by atoms with van der Waals surface area (Å²) in [6.45, 7) is 7.65. The van der Waals surface area contributed by atoms with Gasteiger partial charge in [0, 0.05) is 35.2 Å². The quantitative estimate of drug-likeness (QED) is 0.705. The summed E-state index contributed by atoms with van der Waals surface area (Å²) in [7, 11) is 0. The van der Waals surface area contributed by atoms with Crippen LogP contribution in [0.2, 0.25) is 0 Å². The molecular formula is C17H19BrN4O. The number of ether oxygens (including phenoxy) is 1. The largest absolute Gasteiger partial charge is 0.380 e. The lowest BCUT2D eigenvalue weighted by Crippen LogP contribution is -2.26. The Bertz CT molecular complexity index is 881. The number of H-pyrrole nitrogens is 1. The lowest BCUT2D eigenvalue weighted by atomic mass is 10.1. The summed E-state index contributed by atoms with van der Waals surface area (Å²) in [6.07, 6.45) is 1.04. The molecule has 0 amide bonds. The molecule has 0 saturated carbocycles. The second-order valence-corrected chi connectivity index (χ2v) is 6.96. The summed E-state index contributed by atoms with van der Waals surface area (Å²) in [5.41, 5.74) is 5.26. The molecule has 120 valence electrons. The zero-order valence-electron chi connectivity index (χ0n) is 13.3. The van der Waals surface area contributed by atoms with Crippen LogP contribution in [0.25, 0.3) is 21.9 Å². The van der Waals surface area contributed by atoms with Gasteiger partial charge in [0.25, 0.3) is 0 Å². The topological polar surface area (TPSA) is 54.0 Å². The maximum Gasteiger partial charge on any atom is 0.183 e. The Morgan fingerprint density at radius 2 is 2.09 bits per heavy atom. The number of halogens is 1. The maximum absolute atomic E-state index is 5.64. The van der Waals surface area contributed by atoms with Gasteiger partial charge in [-0.05, 0) is 53.9 Å². The number of hydrogen-bond donors (Lipinski definition) is 1. The number of nitrogens with zero attached hydrogens (tertiary/aromatic N) is 3. The first-order valence-electron chi connectivity index (χ1n) is 7.92. The van der Waals surface area contributed by atoms with Gasteiger partial charge in [-0.15, -0.1) is 0 Å². The van der Waals surface area contributed by atoms with Crippen molar-refractivity contribution < 1.29 is 4.74 Å². The van der Waals surface area contributed by atoms with Crippen LogP contribution in [0.5, 0.6) is 0 Å². The van der Waals surface area contributed by atoms with Gasteiger partial charge in [-0.3, -0.25) is 5.10 Å². The van der Waals surface area contributed by atoms with E-state index in [0.717, 1.165) is 59.4 Å². The summed E-state index contributed by atoms with van der Waals surface area (Å²) in [6, 6.07) is 4.33. The van der Waals surface area contributed by atoms with E-state index < -0.39 is 0 Å². The Labute approximate surface area is 143 Å². The van der Waals surface area contributed by atoms with E-state index in [1.54, 1.807) is 0 Å². The molecule has 0 bridgehead atoms. The highest BCUT2D eigenvalue weighted by molar-refractivity contribution is 9.10. The Morgan fingerprint density at radius 1 is 1.22 bits per heavy atom. The predicted octanol–water partition coefficient (Wildman–Crippen LogP) is 3.72. The van der Waals surface area contributed by atoms with Crippen molar-refractivity contribution in [2.24, 2.45) is 0 Å². The minimum absolute atomic E-state index is 0.759. The Hall–Kier alpha value is -1.66. The SMILES string of the molecule is Cc1cc(Br)c2nc3n[nH]c(C)c3c(N3CCCOCC3)c2c1. The molecule has 1 aliphatic heterocycles. The van der Waals surface area contributed by atoms with Crippen LogP contribution in [0.4, 0.5) is 5.69 Å². The van der Waals surface area contributed by atoms with E-state index in [0.29, 0.717) is 0 Å². The number of rotatable bonds is 1. The standard InChI is InChI=1S/C17H19BrN4O/c1-10-8-12-15(13(18)9-10)19-17-14(11(2)20-21-17)16(12)22-4-3-6-23-7-5-22/h8-9H,3-7H2,1-2H3,(H,19,20,21). The summed E-state index contributed by atoms with van der Waals surface area (Å²) >= 11 is 3.67. The molecule has 1 aliphatic rings. The molecule has 23 heavy (non-hydrogen) atoms. The average molecular weight is 375 g/mol. The van der Waals surface area contributed by atoms with Gasteiger partial charge in [0.05, 0.1) is 23.2 Å². The van der Waals surface area contributed by atoms with Crippen molar-refractivity contribution in [3.8, 4) is 0 Å². The number of anilines is 1. The van der Waals surface area contributed by atoms with Crippen LogP contribution in [0.15, 0.2) is 16.6 Å². The first-order valence-corrected chi connectivity index (χ1v) is 8.71. The molecule has 0 unspecified atom stereocenters. The third kappa shape index (κ3) is 2.50. The number of hydrogen-bond acceptors (Lipinski definition) is 4. The molecule has 3 heterocycles. The Balaban J connectivity index is 2.08. The number of pyridine rings is 1. The fourth-order valence-electron chi connectivity index (χ4n) is 3.35. The van der Waals surface area contributed by atoms with Gasteiger partial charge in [-0.2, -0.15) is 5.10 Å². The number of aromatic amines is 1. The average Bonchev–Trinajstić information content (AvgIpc) is 2.74. The van der Waals surface area contributed by atoms with E-state index in [1.807, 2.05) is 0 Å². The molecule has 0 aliphatic carbocycles. The first-order chi connectivity index (χ1) is 11.1. The first kappa shape index (κ1) is 14.9. The fraction of sp³-hybridized carbons (Fsp3) is 0.412. The van der Waals surface area contributed by atoms with Gasteiger partial charge in [0.2, 0.25) is 0 Å². The van der Waals surface area contributed by atoms with E-state index in [1.165, 1.54) is 16.6 Å². The molecule has 0 radical (unpaired) electrons. The number of benzene rings is 1. The minimum Gasteiger partial charge on any atom is -0.380 e. The van der Waals surface area contributed by atoms with Crippen molar-refractivity contribution in [2.75, 3.05) is 31.2 Å². The third-order valence-corrected chi connectivity index (χ3v) is 4.99. The molecule has 6 heteroatoms. The molecule has 2 aromatic heterocycles. The van der Waals surface area contributed by atoms with E-state index in [2.05, 4.69) is 57.0 Å². The van der Waals surface area contributed by atoms with Crippen LogP contribution >= 0.6 is 15.9 Å². The van der Waals surface area contributed by atoms with Gasteiger partial charge in [-0.1, -0.05) is 0 Å². The molecule has 5 nitrogen and oxygen atoms in total. The van der Waals surface area contributed by atoms with Crippen molar-refractivity contribution in [2.45, 2.75) is 20.3 Å². The summed E-state index contributed by atoms with van der Waals surface area (Å²) in [5.74, 6) is 0. The lowest BCUT2D eigenvalue weighted by molar-refractivity contribution is 0.152. The smallest absolute Gasteiger partial charge is 0.183 e. The molecule has 0 atom stereocenters. The molecule has 0 spiro atoms. The van der Waals surface area contributed by atoms with E-state index in [-0.39, 0.29) is 0 Å². The van der Waals surface area contributed by atoms with Crippen molar-refractivity contribution in [1.82, 2.24) is 15.2 Å². The van der Waals surface area contributed by atoms with Crippen LogP contribution in [-0.2, 0) is 4.74 Å². The molecule has 1 fully saturated rings. The van der Waals surface area contributed by atoms with Crippen LogP contribution in [0.1, 0.15) is 17.7 Å². The van der Waals surface area contributed by atoms with Crippen LogP contribution in [0, 0.1) is 13.8 Å². The minimum atomic E-state index is 0.759. The molecule has 4 rings (SSSR count). The Kier molecular flexibility index (Phi) is 3.73. The molecule has 3 aromatic rings. The maximum atomic E-state index is 5.64. The number of aryl methyl sites for hydroxylation is 2. The predicted molar refractivity (Wildman–Crippen MR) is 96.2 cm³/mol. The lowest BCUT2D eigenvalue weighted by Gasteiger charge is -2.25. The van der Waals surface area contributed by atoms with Crippen molar-refractivity contribution in [3.05, 3.63) is 27.9 Å². The number of fused-ring (bicyclic) bond motifs is 2. The van der Waals surface area contributed by atoms with Crippen molar-refractivity contribution >= 4 is 43.6 Å². The van der Waals surface area contributed by atoms with Gasteiger partial charge in [-0.25, -0.2) is 4.98 Å². The third-order valence-electron chi connectivity index (χ3n) is 4.38. The molecule has 1 aromatic carbocycles. The highest BCUT2D eigenvalue weighted by atomic mass is 79.9. The fourth-order valence-corrected chi connectivity index (χ4v) is 4.01. The highest BCUT2D eigenvalue weighted by Crippen LogP contribution is 2.38. The number of nitrogens with one attached hydrogen (secondary N) is 1. The zero-order valence-corrected chi connectivity index (χ0v) is 14.9. The second kappa shape index (κ2) is 5.76. The van der Waals surface area contributed by atoms with E-state index in [4.69, 9.17) is 9.72 Å².